The average Bonchev–Trinajstić information content (AvgIpc) is 2.36. The number of amides is 1. The first-order valence-electron chi connectivity index (χ1n) is 5.78. The fourth-order valence-corrected chi connectivity index (χ4v) is 1.71. The van der Waals surface area contributed by atoms with Gasteiger partial charge in [0.25, 0.3) is 0 Å². The summed E-state index contributed by atoms with van der Waals surface area (Å²) < 4.78 is 26.4. The Kier molecular flexibility index (Phi) is 3.84. The second-order valence-corrected chi connectivity index (χ2v) is 4.25. The molecule has 2 aromatic rings. The molecule has 0 aromatic heterocycles. The third kappa shape index (κ3) is 3.23. The van der Waals surface area contributed by atoms with Crippen molar-refractivity contribution in [1.82, 2.24) is 0 Å². The third-order valence-corrected chi connectivity index (χ3v) is 2.64. The Labute approximate surface area is 113 Å². The third-order valence-electron chi connectivity index (χ3n) is 2.64. The van der Waals surface area contributed by atoms with Gasteiger partial charge in [-0.1, -0.05) is 12.1 Å². The van der Waals surface area contributed by atoms with E-state index in [2.05, 4.69) is 5.32 Å². The van der Waals surface area contributed by atoms with Gasteiger partial charge in [0, 0.05) is 6.07 Å². The lowest BCUT2D eigenvalue weighted by Crippen LogP contribution is -2.15. The predicted molar refractivity (Wildman–Crippen MR) is 71.2 cm³/mol. The minimum Gasteiger partial charge on any atom is -0.508 e. The van der Waals surface area contributed by atoms with E-state index in [0.717, 1.165) is 6.07 Å². The zero-order valence-electron chi connectivity index (χ0n) is 10.4. The molecule has 0 fully saturated rings. The summed E-state index contributed by atoms with van der Waals surface area (Å²) in [6.07, 6.45) is -0.0505. The molecule has 0 atom stereocenters. The number of nitrogen functional groups attached to an aromatic ring is 1. The number of benzene rings is 2. The van der Waals surface area contributed by atoms with Gasteiger partial charge in [-0.15, -0.1) is 0 Å². The number of hydrogen-bond acceptors (Lipinski definition) is 3. The number of carbonyl (C=O) groups excluding carboxylic acids is 1. The van der Waals surface area contributed by atoms with Gasteiger partial charge in [-0.25, -0.2) is 8.78 Å². The van der Waals surface area contributed by atoms with Crippen molar-refractivity contribution in [3.8, 4) is 5.75 Å². The van der Waals surface area contributed by atoms with E-state index < -0.39 is 17.5 Å². The number of phenolic OH excluding ortho intramolecular Hbond substituents is 1. The van der Waals surface area contributed by atoms with Crippen molar-refractivity contribution < 1.29 is 18.7 Å². The molecule has 2 rings (SSSR count). The Morgan fingerprint density at radius 1 is 1.20 bits per heavy atom. The molecule has 0 saturated carbocycles. The Balaban J connectivity index is 2.10. The van der Waals surface area contributed by atoms with Crippen molar-refractivity contribution in [3.63, 3.8) is 0 Å². The summed E-state index contributed by atoms with van der Waals surface area (Å²) >= 11 is 0. The molecule has 0 heterocycles. The van der Waals surface area contributed by atoms with E-state index in [1.807, 2.05) is 0 Å². The number of halogens is 2. The molecule has 0 aliphatic carbocycles. The fraction of sp³-hybridized carbons (Fsp3) is 0.0714. The number of nitrogens with two attached hydrogens (primary N) is 1. The highest BCUT2D eigenvalue weighted by molar-refractivity contribution is 5.92. The number of rotatable bonds is 3. The molecule has 4 N–H and O–H groups in total. The van der Waals surface area contributed by atoms with Crippen molar-refractivity contribution in [2.45, 2.75) is 6.42 Å². The molecule has 6 heteroatoms. The maximum absolute atomic E-state index is 13.4. The van der Waals surface area contributed by atoms with E-state index in [9.17, 15) is 18.7 Å². The van der Waals surface area contributed by atoms with Gasteiger partial charge in [0.2, 0.25) is 5.91 Å². The second kappa shape index (κ2) is 5.56. The van der Waals surface area contributed by atoms with E-state index in [4.69, 9.17) is 5.73 Å². The van der Waals surface area contributed by atoms with Crippen molar-refractivity contribution in [3.05, 3.63) is 53.6 Å². The van der Waals surface area contributed by atoms with Crippen LogP contribution in [0.15, 0.2) is 36.4 Å². The van der Waals surface area contributed by atoms with Crippen LogP contribution in [-0.2, 0) is 11.2 Å². The molecule has 0 unspecified atom stereocenters. The molecule has 4 nitrogen and oxygen atoms in total. The van der Waals surface area contributed by atoms with E-state index in [1.165, 1.54) is 12.1 Å². The predicted octanol–water partition coefficient (Wildman–Crippen LogP) is 2.43. The average molecular weight is 278 g/mol. The SMILES string of the molecule is Nc1cc(NC(=O)Cc2cccc(O)c2)c(F)cc1F. The van der Waals surface area contributed by atoms with Gasteiger partial charge in [0.1, 0.15) is 17.4 Å². The van der Waals surface area contributed by atoms with E-state index in [0.29, 0.717) is 11.6 Å². The molecular weight excluding hydrogens is 266 g/mol. The molecule has 0 aliphatic rings. The normalized spacial score (nSPS) is 10.3. The van der Waals surface area contributed by atoms with Crippen LogP contribution in [-0.4, -0.2) is 11.0 Å². The number of nitrogens with one attached hydrogen (secondary N) is 1. The summed E-state index contributed by atoms with van der Waals surface area (Å²) in [6, 6.07) is 7.77. The van der Waals surface area contributed by atoms with E-state index >= 15 is 0 Å². The molecule has 0 spiro atoms. The van der Waals surface area contributed by atoms with Crippen molar-refractivity contribution in [1.29, 1.82) is 0 Å². The van der Waals surface area contributed by atoms with Gasteiger partial charge in [-0.2, -0.15) is 0 Å². The molecule has 0 saturated heterocycles. The molecule has 0 radical (unpaired) electrons. The van der Waals surface area contributed by atoms with Crippen LogP contribution in [0.5, 0.6) is 5.75 Å². The van der Waals surface area contributed by atoms with Crippen LogP contribution in [0.4, 0.5) is 20.2 Å². The van der Waals surface area contributed by atoms with Gasteiger partial charge in [0.05, 0.1) is 17.8 Å². The molecule has 0 aliphatic heterocycles. The van der Waals surface area contributed by atoms with Crippen LogP contribution in [0.2, 0.25) is 0 Å². The van der Waals surface area contributed by atoms with Gasteiger partial charge in [0.15, 0.2) is 0 Å². The summed E-state index contributed by atoms with van der Waals surface area (Å²) in [6.45, 7) is 0. The highest BCUT2D eigenvalue weighted by Crippen LogP contribution is 2.21. The lowest BCUT2D eigenvalue weighted by atomic mass is 10.1. The van der Waals surface area contributed by atoms with Crippen LogP contribution in [0.3, 0.4) is 0 Å². The number of aromatic hydroxyl groups is 1. The summed E-state index contributed by atoms with van der Waals surface area (Å²) in [5, 5.41) is 11.6. The molecule has 20 heavy (non-hydrogen) atoms. The molecule has 1 amide bonds. The van der Waals surface area contributed by atoms with Gasteiger partial charge in [-0.05, 0) is 23.8 Å². The quantitative estimate of drug-likeness (QED) is 0.755. The lowest BCUT2D eigenvalue weighted by Gasteiger charge is -2.08. The van der Waals surface area contributed by atoms with Crippen LogP contribution in [0.25, 0.3) is 0 Å². The smallest absolute Gasteiger partial charge is 0.228 e. The Bertz CT molecular complexity index is 660. The Hall–Kier alpha value is -2.63. The molecule has 104 valence electrons. The maximum Gasteiger partial charge on any atom is 0.228 e. The molecular formula is C14H12F2N2O2. The topological polar surface area (TPSA) is 75.3 Å². The van der Waals surface area contributed by atoms with Gasteiger partial charge >= 0.3 is 0 Å². The number of hydrogen-bond donors (Lipinski definition) is 3. The minimum absolute atomic E-state index is 0.0347. The minimum atomic E-state index is -0.902. The lowest BCUT2D eigenvalue weighted by molar-refractivity contribution is -0.115. The first-order valence-corrected chi connectivity index (χ1v) is 5.78. The van der Waals surface area contributed by atoms with Crippen molar-refractivity contribution >= 4 is 17.3 Å². The van der Waals surface area contributed by atoms with Crippen LogP contribution < -0.4 is 11.1 Å². The Morgan fingerprint density at radius 2 is 1.95 bits per heavy atom. The number of phenols is 1. The number of anilines is 2. The summed E-state index contributed by atoms with van der Waals surface area (Å²) in [5.74, 6) is -2.25. The second-order valence-electron chi connectivity index (χ2n) is 4.25. The number of carbonyl (C=O) groups is 1. The van der Waals surface area contributed by atoms with Crippen LogP contribution in [0.1, 0.15) is 5.56 Å². The van der Waals surface area contributed by atoms with Crippen LogP contribution >= 0.6 is 0 Å². The summed E-state index contributed by atoms with van der Waals surface area (Å²) in [5.41, 5.74) is 5.44. The van der Waals surface area contributed by atoms with Crippen molar-refractivity contribution in [2.24, 2.45) is 0 Å². The van der Waals surface area contributed by atoms with Crippen molar-refractivity contribution in [2.75, 3.05) is 11.1 Å². The summed E-state index contributed by atoms with van der Waals surface area (Å²) in [7, 11) is 0. The first kappa shape index (κ1) is 13.8. The molecule has 2 aromatic carbocycles. The highest BCUT2D eigenvalue weighted by atomic mass is 19.1. The van der Waals surface area contributed by atoms with Crippen LogP contribution in [0, 0.1) is 11.6 Å². The maximum atomic E-state index is 13.4. The van der Waals surface area contributed by atoms with Gasteiger partial charge < -0.3 is 16.2 Å². The standard InChI is InChI=1S/C14H12F2N2O2/c15-10-6-11(16)13(7-12(10)17)18-14(20)5-8-2-1-3-9(19)4-8/h1-4,6-7,19H,5,17H2,(H,18,20). The zero-order chi connectivity index (χ0) is 14.7. The van der Waals surface area contributed by atoms with Gasteiger partial charge in [-0.3, -0.25) is 4.79 Å². The monoisotopic (exact) mass is 278 g/mol. The fourth-order valence-electron chi connectivity index (χ4n) is 1.71. The Morgan fingerprint density at radius 3 is 2.65 bits per heavy atom. The van der Waals surface area contributed by atoms with E-state index in [-0.39, 0.29) is 23.5 Å². The summed E-state index contributed by atoms with van der Waals surface area (Å²) in [4.78, 5) is 11.7. The highest BCUT2D eigenvalue weighted by Gasteiger charge is 2.11. The largest absolute Gasteiger partial charge is 0.508 e. The molecule has 0 bridgehead atoms. The van der Waals surface area contributed by atoms with E-state index in [1.54, 1.807) is 12.1 Å². The first-order chi connectivity index (χ1) is 9.45. The zero-order valence-corrected chi connectivity index (χ0v) is 10.4.